The van der Waals surface area contributed by atoms with Crippen molar-refractivity contribution in [1.82, 2.24) is 9.55 Å². The van der Waals surface area contributed by atoms with Crippen LogP contribution in [-0.4, -0.2) is 9.55 Å². The lowest BCUT2D eigenvalue weighted by atomic mass is 10.3. The molecule has 0 amide bonds. The summed E-state index contributed by atoms with van der Waals surface area (Å²) in [5.74, 6) is 0.371. The van der Waals surface area contributed by atoms with Gasteiger partial charge in [-0.05, 0) is 23.9 Å². The maximum atomic E-state index is 11.3. The maximum absolute atomic E-state index is 11.3. The Morgan fingerprint density at radius 3 is 3.00 bits per heavy atom. The van der Waals surface area contributed by atoms with Crippen molar-refractivity contribution >= 4 is 11.3 Å². The molecule has 0 fully saturated rings. The highest BCUT2D eigenvalue weighted by atomic mass is 32.1. The van der Waals surface area contributed by atoms with Gasteiger partial charge in [0.1, 0.15) is 12.9 Å². The second kappa shape index (κ2) is 4.49. The zero-order chi connectivity index (χ0) is 11.5. The molecule has 0 saturated carbocycles. The molecular formula is C11H12N2O2S. The number of aryl methyl sites for hydroxylation is 2. The predicted octanol–water partition coefficient (Wildman–Crippen LogP) is 1.73. The van der Waals surface area contributed by atoms with Crippen molar-refractivity contribution in [3.8, 4) is 5.88 Å². The summed E-state index contributed by atoms with van der Waals surface area (Å²) in [5, 5.41) is 2.02. The number of nitrogens with zero attached hydrogens (tertiary/aromatic N) is 2. The summed E-state index contributed by atoms with van der Waals surface area (Å²) in [4.78, 5) is 16.5. The van der Waals surface area contributed by atoms with Crippen LogP contribution in [0, 0.1) is 6.92 Å². The fourth-order valence-electron chi connectivity index (χ4n) is 1.22. The van der Waals surface area contributed by atoms with Gasteiger partial charge >= 0.3 is 0 Å². The fraction of sp³-hybridized carbons (Fsp3) is 0.273. The van der Waals surface area contributed by atoms with E-state index in [4.69, 9.17) is 4.74 Å². The van der Waals surface area contributed by atoms with Crippen LogP contribution in [0.1, 0.15) is 10.4 Å². The Balaban J connectivity index is 2.08. The Bertz CT molecular complexity index is 545. The van der Waals surface area contributed by atoms with Crippen LogP contribution < -0.4 is 10.3 Å². The van der Waals surface area contributed by atoms with Crippen LogP contribution in [-0.2, 0) is 13.7 Å². The molecule has 2 rings (SSSR count). The Morgan fingerprint density at radius 2 is 2.38 bits per heavy atom. The molecule has 0 unspecified atom stereocenters. The van der Waals surface area contributed by atoms with E-state index in [1.165, 1.54) is 22.5 Å². The average molecular weight is 236 g/mol. The van der Waals surface area contributed by atoms with Gasteiger partial charge in [0.15, 0.2) is 0 Å². The van der Waals surface area contributed by atoms with Gasteiger partial charge < -0.3 is 9.30 Å². The highest BCUT2D eigenvalue weighted by Gasteiger charge is 2.02. The van der Waals surface area contributed by atoms with Crippen molar-refractivity contribution in [2.45, 2.75) is 13.5 Å². The monoisotopic (exact) mass is 236 g/mol. The van der Waals surface area contributed by atoms with E-state index in [1.807, 2.05) is 18.4 Å². The van der Waals surface area contributed by atoms with Crippen LogP contribution in [0.3, 0.4) is 0 Å². The predicted molar refractivity (Wildman–Crippen MR) is 62.9 cm³/mol. The highest BCUT2D eigenvalue weighted by Crippen LogP contribution is 2.17. The van der Waals surface area contributed by atoms with Gasteiger partial charge in [-0.25, -0.2) is 4.98 Å². The molecular weight excluding hydrogens is 224 g/mol. The SMILES string of the molecule is Cc1ccsc1COc1cc(=O)n(C)cn1. The van der Waals surface area contributed by atoms with E-state index < -0.39 is 0 Å². The van der Waals surface area contributed by atoms with Gasteiger partial charge in [0, 0.05) is 11.9 Å². The van der Waals surface area contributed by atoms with Crippen molar-refractivity contribution in [2.75, 3.05) is 0 Å². The lowest BCUT2D eigenvalue weighted by molar-refractivity contribution is 0.294. The molecule has 2 aromatic rings. The second-order valence-corrected chi connectivity index (χ2v) is 4.49. The topological polar surface area (TPSA) is 44.1 Å². The van der Waals surface area contributed by atoms with Crippen LogP contribution >= 0.6 is 11.3 Å². The quantitative estimate of drug-likeness (QED) is 0.815. The fourth-order valence-corrected chi connectivity index (χ4v) is 2.03. The minimum Gasteiger partial charge on any atom is -0.472 e. The van der Waals surface area contributed by atoms with Crippen molar-refractivity contribution in [3.05, 3.63) is 44.6 Å². The highest BCUT2D eigenvalue weighted by molar-refractivity contribution is 7.10. The first-order valence-electron chi connectivity index (χ1n) is 4.85. The van der Waals surface area contributed by atoms with Gasteiger partial charge in [-0.15, -0.1) is 11.3 Å². The minimum absolute atomic E-state index is 0.118. The molecule has 0 aliphatic rings. The molecule has 2 aromatic heterocycles. The van der Waals surface area contributed by atoms with Gasteiger partial charge in [0.05, 0.1) is 6.07 Å². The van der Waals surface area contributed by atoms with Gasteiger partial charge in [0.2, 0.25) is 5.88 Å². The number of hydrogen-bond donors (Lipinski definition) is 0. The van der Waals surface area contributed by atoms with E-state index in [9.17, 15) is 4.79 Å². The normalized spacial score (nSPS) is 10.4. The first kappa shape index (κ1) is 10.9. The maximum Gasteiger partial charge on any atom is 0.256 e. The second-order valence-electron chi connectivity index (χ2n) is 3.49. The first-order chi connectivity index (χ1) is 7.66. The molecule has 0 saturated heterocycles. The van der Waals surface area contributed by atoms with Crippen LogP contribution in [0.15, 0.2) is 28.6 Å². The molecule has 4 nitrogen and oxygen atoms in total. The molecule has 84 valence electrons. The zero-order valence-corrected chi connectivity index (χ0v) is 9.95. The molecule has 0 N–H and O–H groups in total. The van der Waals surface area contributed by atoms with E-state index in [0.29, 0.717) is 12.5 Å². The summed E-state index contributed by atoms with van der Waals surface area (Å²) in [7, 11) is 1.66. The van der Waals surface area contributed by atoms with Crippen LogP contribution in [0.25, 0.3) is 0 Å². The van der Waals surface area contributed by atoms with E-state index in [0.717, 1.165) is 4.88 Å². The molecule has 2 heterocycles. The summed E-state index contributed by atoms with van der Waals surface area (Å²) >= 11 is 1.64. The molecule has 0 atom stereocenters. The van der Waals surface area contributed by atoms with Crippen LogP contribution in [0.4, 0.5) is 0 Å². The van der Waals surface area contributed by atoms with Gasteiger partial charge in [-0.1, -0.05) is 0 Å². The molecule has 0 aliphatic carbocycles. The minimum atomic E-state index is -0.118. The zero-order valence-electron chi connectivity index (χ0n) is 9.14. The van der Waals surface area contributed by atoms with E-state index in [2.05, 4.69) is 4.98 Å². The smallest absolute Gasteiger partial charge is 0.256 e. The van der Waals surface area contributed by atoms with Crippen LogP contribution in [0.5, 0.6) is 5.88 Å². The Labute approximate surface area is 97.1 Å². The van der Waals surface area contributed by atoms with Gasteiger partial charge in [-0.3, -0.25) is 4.79 Å². The summed E-state index contributed by atoms with van der Waals surface area (Å²) in [6, 6.07) is 3.43. The van der Waals surface area contributed by atoms with Crippen LogP contribution in [0.2, 0.25) is 0 Å². The number of aromatic nitrogens is 2. The summed E-state index contributed by atoms with van der Waals surface area (Å²) in [5.41, 5.74) is 1.08. The molecule has 0 radical (unpaired) electrons. The number of hydrogen-bond acceptors (Lipinski definition) is 4. The summed E-state index contributed by atoms with van der Waals surface area (Å²) in [6.45, 7) is 2.50. The summed E-state index contributed by atoms with van der Waals surface area (Å²) < 4.78 is 6.86. The largest absolute Gasteiger partial charge is 0.472 e. The summed E-state index contributed by atoms with van der Waals surface area (Å²) in [6.07, 6.45) is 1.46. The molecule has 5 heteroatoms. The molecule has 0 spiro atoms. The Kier molecular flexibility index (Phi) is 3.05. The van der Waals surface area contributed by atoms with Gasteiger partial charge in [0.25, 0.3) is 5.56 Å². The van der Waals surface area contributed by atoms with E-state index in [-0.39, 0.29) is 5.56 Å². The third-order valence-electron chi connectivity index (χ3n) is 2.27. The number of ether oxygens (including phenoxy) is 1. The van der Waals surface area contributed by atoms with E-state index in [1.54, 1.807) is 18.4 Å². The van der Waals surface area contributed by atoms with E-state index >= 15 is 0 Å². The third-order valence-corrected chi connectivity index (χ3v) is 3.27. The molecule has 0 bridgehead atoms. The first-order valence-corrected chi connectivity index (χ1v) is 5.73. The van der Waals surface area contributed by atoms with Crippen molar-refractivity contribution in [3.63, 3.8) is 0 Å². The molecule has 16 heavy (non-hydrogen) atoms. The Hall–Kier alpha value is -1.62. The van der Waals surface area contributed by atoms with Crippen molar-refractivity contribution < 1.29 is 4.74 Å². The standard InChI is InChI=1S/C11H12N2O2S/c1-8-3-4-16-9(8)6-15-10-5-11(14)13(2)7-12-10/h3-5,7H,6H2,1-2H3. The number of thiophene rings is 1. The Morgan fingerprint density at radius 1 is 1.56 bits per heavy atom. The third kappa shape index (κ3) is 2.30. The lowest BCUT2D eigenvalue weighted by Gasteiger charge is -2.04. The molecule has 0 aromatic carbocycles. The lowest BCUT2D eigenvalue weighted by Crippen LogP contribution is -2.16. The van der Waals surface area contributed by atoms with Gasteiger partial charge in [-0.2, -0.15) is 0 Å². The molecule has 0 aliphatic heterocycles. The average Bonchev–Trinajstić information content (AvgIpc) is 2.66. The number of rotatable bonds is 3. The van der Waals surface area contributed by atoms with Crippen molar-refractivity contribution in [1.29, 1.82) is 0 Å². The van der Waals surface area contributed by atoms with Crippen molar-refractivity contribution in [2.24, 2.45) is 7.05 Å².